The zero-order valence-electron chi connectivity index (χ0n) is 12.2. The van der Waals surface area contributed by atoms with E-state index in [0.29, 0.717) is 0 Å². The molecule has 1 aromatic rings. The molecule has 1 fully saturated rings. The van der Waals surface area contributed by atoms with Gasteiger partial charge in [0, 0.05) is 11.7 Å². The van der Waals surface area contributed by atoms with E-state index < -0.39 is 0 Å². The summed E-state index contributed by atoms with van der Waals surface area (Å²) < 4.78 is 0. The van der Waals surface area contributed by atoms with E-state index in [4.69, 9.17) is 0 Å². The summed E-state index contributed by atoms with van der Waals surface area (Å²) in [6.45, 7) is 3.95. The van der Waals surface area contributed by atoms with Crippen molar-refractivity contribution < 1.29 is 9.59 Å². The lowest BCUT2D eigenvalue weighted by atomic mass is 10.1. The van der Waals surface area contributed by atoms with Crippen LogP contribution in [0.25, 0.3) is 0 Å². The monoisotopic (exact) mass is 274 g/mol. The first-order valence-electron chi connectivity index (χ1n) is 7.21. The van der Waals surface area contributed by atoms with E-state index in [1.54, 1.807) is 0 Å². The van der Waals surface area contributed by atoms with Crippen molar-refractivity contribution in [3.05, 3.63) is 29.3 Å². The molecule has 4 nitrogen and oxygen atoms in total. The van der Waals surface area contributed by atoms with Gasteiger partial charge in [0.1, 0.15) is 6.42 Å². The second kappa shape index (κ2) is 6.55. The van der Waals surface area contributed by atoms with Crippen molar-refractivity contribution >= 4 is 17.5 Å². The van der Waals surface area contributed by atoms with Gasteiger partial charge in [-0.1, -0.05) is 30.5 Å². The number of rotatable bonds is 4. The van der Waals surface area contributed by atoms with Crippen molar-refractivity contribution in [3.63, 3.8) is 0 Å². The fourth-order valence-electron chi connectivity index (χ4n) is 2.64. The molecule has 1 aromatic carbocycles. The molecule has 0 aliphatic heterocycles. The van der Waals surface area contributed by atoms with E-state index in [1.165, 1.54) is 12.8 Å². The minimum atomic E-state index is -0.257. The molecule has 0 unspecified atom stereocenters. The van der Waals surface area contributed by atoms with Crippen LogP contribution in [0.15, 0.2) is 18.2 Å². The fourth-order valence-corrected chi connectivity index (χ4v) is 2.64. The first-order chi connectivity index (χ1) is 9.54. The number of amides is 2. The minimum Gasteiger partial charge on any atom is -0.353 e. The maximum absolute atomic E-state index is 11.9. The van der Waals surface area contributed by atoms with Crippen LogP contribution in [0.5, 0.6) is 0 Å². The third kappa shape index (κ3) is 4.08. The van der Waals surface area contributed by atoms with Gasteiger partial charge in [-0.05, 0) is 38.3 Å². The molecular weight excluding hydrogens is 252 g/mol. The van der Waals surface area contributed by atoms with Crippen molar-refractivity contribution in [1.82, 2.24) is 5.32 Å². The smallest absolute Gasteiger partial charge is 0.233 e. The number of nitrogens with one attached hydrogen (secondary N) is 2. The molecular formula is C16H22N2O2. The number of carbonyl (C=O) groups is 2. The zero-order chi connectivity index (χ0) is 14.5. The van der Waals surface area contributed by atoms with E-state index in [0.717, 1.165) is 29.7 Å². The minimum absolute atomic E-state index is 0.107. The SMILES string of the molecule is Cc1ccc(NC(=O)CC(=O)NC2CCCC2)c(C)c1. The lowest BCUT2D eigenvalue weighted by molar-refractivity contribution is -0.127. The molecule has 4 heteroatoms. The molecule has 1 aliphatic carbocycles. The summed E-state index contributed by atoms with van der Waals surface area (Å²) in [5.74, 6) is -0.438. The van der Waals surface area contributed by atoms with Crippen LogP contribution in [0.3, 0.4) is 0 Å². The third-order valence-corrected chi connectivity index (χ3v) is 3.70. The highest BCUT2D eigenvalue weighted by atomic mass is 16.2. The van der Waals surface area contributed by atoms with Gasteiger partial charge in [-0.25, -0.2) is 0 Å². The Morgan fingerprint density at radius 2 is 1.85 bits per heavy atom. The molecule has 108 valence electrons. The highest BCUT2D eigenvalue weighted by Crippen LogP contribution is 2.18. The highest BCUT2D eigenvalue weighted by molar-refractivity contribution is 6.03. The van der Waals surface area contributed by atoms with Crippen molar-refractivity contribution in [1.29, 1.82) is 0 Å². The maximum Gasteiger partial charge on any atom is 0.233 e. The molecule has 2 amide bonds. The largest absolute Gasteiger partial charge is 0.353 e. The Bertz CT molecular complexity index is 505. The van der Waals surface area contributed by atoms with Crippen LogP contribution in [0, 0.1) is 13.8 Å². The predicted molar refractivity (Wildman–Crippen MR) is 79.6 cm³/mol. The van der Waals surface area contributed by atoms with E-state index in [9.17, 15) is 9.59 Å². The number of hydrogen-bond donors (Lipinski definition) is 2. The van der Waals surface area contributed by atoms with Gasteiger partial charge in [-0.2, -0.15) is 0 Å². The predicted octanol–water partition coefficient (Wildman–Crippen LogP) is 2.69. The Morgan fingerprint density at radius 1 is 1.15 bits per heavy atom. The maximum atomic E-state index is 11.9. The van der Waals surface area contributed by atoms with Gasteiger partial charge in [-0.3, -0.25) is 9.59 Å². The second-order valence-electron chi connectivity index (χ2n) is 5.59. The van der Waals surface area contributed by atoms with Gasteiger partial charge in [-0.15, -0.1) is 0 Å². The Morgan fingerprint density at radius 3 is 2.50 bits per heavy atom. The second-order valence-corrected chi connectivity index (χ2v) is 5.59. The van der Waals surface area contributed by atoms with Gasteiger partial charge in [0.2, 0.25) is 11.8 Å². The molecule has 0 aromatic heterocycles. The van der Waals surface area contributed by atoms with E-state index in [2.05, 4.69) is 10.6 Å². The fraction of sp³-hybridized carbons (Fsp3) is 0.500. The Hall–Kier alpha value is -1.84. The topological polar surface area (TPSA) is 58.2 Å². The zero-order valence-corrected chi connectivity index (χ0v) is 12.2. The summed E-state index contributed by atoms with van der Waals surface area (Å²) in [5.41, 5.74) is 2.93. The molecule has 0 saturated heterocycles. The van der Waals surface area contributed by atoms with E-state index in [-0.39, 0.29) is 24.3 Å². The van der Waals surface area contributed by atoms with Crippen molar-refractivity contribution in [2.24, 2.45) is 0 Å². The quantitative estimate of drug-likeness (QED) is 0.829. The van der Waals surface area contributed by atoms with E-state index in [1.807, 2.05) is 32.0 Å². The average molecular weight is 274 g/mol. The summed E-state index contributed by atoms with van der Waals surface area (Å²) in [4.78, 5) is 23.6. The Balaban J connectivity index is 1.83. The van der Waals surface area contributed by atoms with Crippen LogP contribution >= 0.6 is 0 Å². The standard InChI is InChI=1S/C16H22N2O2/c1-11-7-8-14(12(2)9-11)18-16(20)10-15(19)17-13-5-3-4-6-13/h7-9,13H,3-6,10H2,1-2H3,(H,17,19)(H,18,20). The lowest BCUT2D eigenvalue weighted by Gasteiger charge is -2.12. The van der Waals surface area contributed by atoms with Crippen LogP contribution in [0.4, 0.5) is 5.69 Å². The summed E-state index contributed by atoms with van der Waals surface area (Å²) in [6, 6.07) is 6.09. The number of anilines is 1. The molecule has 0 heterocycles. The molecule has 0 radical (unpaired) electrons. The molecule has 2 rings (SSSR count). The number of aryl methyl sites for hydroxylation is 2. The average Bonchev–Trinajstić information content (AvgIpc) is 2.85. The molecule has 1 aliphatic rings. The summed E-state index contributed by atoms with van der Waals surface area (Å²) in [5, 5.41) is 5.71. The molecule has 2 N–H and O–H groups in total. The van der Waals surface area contributed by atoms with Crippen LogP contribution in [-0.2, 0) is 9.59 Å². The van der Waals surface area contributed by atoms with Crippen LogP contribution in [0.1, 0.15) is 43.2 Å². The number of hydrogen-bond acceptors (Lipinski definition) is 2. The van der Waals surface area contributed by atoms with Crippen LogP contribution in [-0.4, -0.2) is 17.9 Å². The van der Waals surface area contributed by atoms with Gasteiger partial charge >= 0.3 is 0 Å². The van der Waals surface area contributed by atoms with Crippen molar-refractivity contribution in [3.8, 4) is 0 Å². The first-order valence-corrected chi connectivity index (χ1v) is 7.21. The van der Waals surface area contributed by atoms with Gasteiger partial charge in [0.25, 0.3) is 0 Å². The van der Waals surface area contributed by atoms with Crippen LogP contribution < -0.4 is 10.6 Å². The van der Waals surface area contributed by atoms with Gasteiger partial charge in [0.15, 0.2) is 0 Å². The molecule has 1 saturated carbocycles. The molecule has 20 heavy (non-hydrogen) atoms. The summed E-state index contributed by atoms with van der Waals surface area (Å²) in [7, 11) is 0. The summed E-state index contributed by atoms with van der Waals surface area (Å²) >= 11 is 0. The van der Waals surface area contributed by atoms with Gasteiger partial charge in [0.05, 0.1) is 0 Å². The van der Waals surface area contributed by atoms with E-state index >= 15 is 0 Å². The lowest BCUT2D eigenvalue weighted by Crippen LogP contribution is -2.35. The molecule has 0 atom stereocenters. The first kappa shape index (κ1) is 14.6. The Kier molecular flexibility index (Phi) is 4.77. The summed E-state index contributed by atoms with van der Waals surface area (Å²) in [6.07, 6.45) is 4.29. The van der Waals surface area contributed by atoms with Crippen molar-refractivity contribution in [2.75, 3.05) is 5.32 Å². The molecule has 0 bridgehead atoms. The Labute approximate surface area is 119 Å². The van der Waals surface area contributed by atoms with Gasteiger partial charge < -0.3 is 10.6 Å². The van der Waals surface area contributed by atoms with Crippen molar-refractivity contribution in [2.45, 2.75) is 52.0 Å². The number of benzene rings is 1. The number of carbonyl (C=O) groups excluding carboxylic acids is 2. The normalized spacial score (nSPS) is 15.1. The van der Waals surface area contributed by atoms with Crippen LogP contribution in [0.2, 0.25) is 0 Å². The third-order valence-electron chi connectivity index (χ3n) is 3.70. The molecule has 0 spiro atoms. The highest BCUT2D eigenvalue weighted by Gasteiger charge is 2.18.